The number of hydrogen-bond donors (Lipinski definition) is 1. The first-order valence-corrected chi connectivity index (χ1v) is 7.80. The Balaban J connectivity index is 1.88. The Kier molecular flexibility index (Phi) is 4.57. The molecule has 0 unspecified atom stereocenters. The minimum absolute atomic E-state index is 0.126. The topological polar surface area (TPSA) is 55.4 Å². The minimum Gasteiger partial charge on any atom is -0.459 e. The van der Waals surface area contributed by atoms with Crippen molar-refractivity contribution in [2.45, 2.75) is 19.4 Å². The van der Waals surface area contributed by atoms with Crippen molar-refractivity contribution in [2.75, 3.05) is 6.61 Å². The zero-order valence-corrected chi connectivity index (χ0v) is 12.8. The fraction of sp³-hybridized carbons (Fsp3) is 0.286. The Bertz CT molecular complexity index is 574. The number of rotatable bonds is 5. The van der Waals surface area contributed by atoms with Crippen LogP contribution in [-0.4, -0.2) is 24.0 Å². The van der Waals surface area contributed by atoms with E-state index in [4.69, 9.17) is 4.74 Å². The Morgan fingerprint density at radius 1 is 1.15 bits per heavy atom. The van der Waals surface area contributed by atoms with Crippen LogP contribution in [0, 0.1) is 0 Å². The SMILES string of the molecule is CC(C)(COC(=O)c1cccs1)NC(=O)c1cccs1. The van der Waals surface area contributed by atoms with Crippen LogP contribution in [0.15, 0.2) is 35.0 Å². The van der Waals surface area contributed by atoms with Crippen LogP contribution in [0.5, 0.6) is 0 Å². The Labute approximate surface area is 125 Å². The summed E-state index contributed by atoms with van der Waals surface area (Å²) in [5.74, 6) is -0.518. The number of hydrogen-bond acceptors (Lipinski definition) is 5. The molecule has 0 aliphatic heterocycles. The van der Waals surface area contributed by atoms with Gasteiger partial charge in [-0.25, -0.2) is 4.79 Å². The molecule has 0 bridgehead atoms. The second-order valence-corrected chi connectivity index (χ2v) is 6.76. The van der Waals surface area contributed by atoms with Crippen LogP contribution in [0.1, 0.15) is 33.2 Å². The van der Waals surface area contributed by atoms with E-state index in [0.29, 0.717) is 9.75 Å². The second-order valence-electron chi connectivity index (χ2n) is 4.87. The van der Waals surface area contributed by atoms with Crippen LogP contribution in [0.2, 0.25) is 0 Å². The fourth-order valence-corrected chi connectivity index (χ4v) is 2.76. The summed E-state index contributed by atoms with van der Waals surface area (Å²) in [4.78, 5) is 24.9. The van der Waals surface area contributed by atoms with Crippen molar-refractivity contribution in [3.8, 4) is 0 Å². The summed E-state index contributed by atoms with van der Waals surface area (Å²) in [5, 5.41) is 6.52. The van der Waals surface area contributed by atoms with Crippen LogP contribution in [0.4, 0.5) is 0 Å². The molecule has 0 fully saturated rings. The standard InChI is InChI=1S/C14H15NO3S2/c1-14(2,15-12(16)10-5-3-7-19-10)9-18-13(17)11-6-4-8-20-11/h3-8H,9H2,1-2H3,(H,15,16). The van der Waals surface area contributed by atoms with Crippen LogP contribution in [0.3, 0.4) is 0 Å². The van der Waals surface area contributed by atoms with Crippen molar-refractivity contribution >= 4 is 34.6 Å². The summed E-state index contributed by atoms with van der Waals surface area (Å²) >= 11 is 2.71. The zero-order chi connectivity index (χ0) is 14.6. The number of thiophene rings is 2. The van der Waals surface area contributed by atoms with Gasteiger partial charge < -0.3 is 10.1 Å². The summed E-state index contributed by atoms with van der Waals surface area (Å²) in [7, 11) is 0. The molecule has 0 aliphatic rings. The third-order valence-electron chi connectivity index (χ3n) is 2.48. The summed E-state index contributed by atoms with van der Waals surface area (Å²) in [5.41, 5.74) is -0.617. The summed E-state index contributed by atoms with van der Waals surface area (Å²) in [6, 6.07) is 7.09. The number of ether oxygens (including phenoxy) is 1. The maximum Gasteiger partial charge on any atom is 0.348 e. The minimum atomic E-state index is -0.617. The van der Waals surface area contributed by atoms with E-state index in [0.717, 1.165) is 0 Å². The van der Waals surface area contributed by atoms with Crippen LogP contribution in [-0.2, 0) is 4.74 Å². The quantitative estimate of drug-likeness (QED) is 0.863. The highest BCUT2D eigenvalue weighted by molar-refractivity contribution is 7.12. The summed E-state index contributed by atoms with van der Waals surface area (Å²) in [6.45, 7) is 3.77. The monoisotopic (exact) mass is 309 g/mol. The van der Waals surface area contributed by atoms with E-state index in [9.17, 15) is 9.59 Å². The van der Waals surface area contributed by atoms with Gasteiger partial charge in [-0.2, -0.15) is 0 Å². The van der Waals surface area contributed by atoms with Gasteiger partial charge in [-0.3, -0.25) is 4.79 Å². The number of carbonyl (C=O) groups excluding carboxylic acids is 2. The molecule has 0 spiro atoms. The van der Waals surface area contributed by atoms with E-state index in [-0.39, 0.29) is 18.5 Å². The van der Waals surface area contributed by atoms with Crippen molar-refractivity contribution in [3.63, 3.8) is 0 Å². The largest absolute Gasteiger partial charge is 0.459 e. The maximum atomic E-state index is 12.0. The van der Waals surface area contributed by atoms with E-state index >= 15 is 0 Å². The number of esters is 1. The predicted molar refractivity (Wildman–Crippen MR) is 80.5 cm³/mol. The summed E-state index contributed by atoms with van der Waals surface area (Å²) < 4.78 is 5.23. The van der Waals surface area contributed by atoms with Gasteiger partial charge in [0.15, 0.2) is 0 Å². The molecule has 2 aromatic rings. The molecule has 0 saturated carbocycles. The summed E-state index contributed by atoms with van der Waals surface area (Å²) in [6.07, 6.45) is 0. The van der Waals surface area contributed by atoms with Gasteiger partial charge in [0.25, 0.3) is 5.91 Å². The lowest BCUT2D eigenvalue weighted by Crippen LogP contribution is -2.47. The highest BCUT2D eigenvalue weighted by atomic mass is 32.1. The first kappa shape index (κ1) is 14.7. The van der Waals surface area contributed by atoms with E-state index < -0.39 is 5.54 Å². The molecule has 2 aromatic heterocycles. The molecule has 0 saturated heterocycles. The molecule has 1 amide bonds. The normalized spacial score (nSPS) is 11.1. The molecule has 6 heteroatoms. The van der Waals surface area contributed by atoms with Gasteiger partial charge in [-0.15, -0.1) is 22.7 Å². The second kappa shape index (κ2) is 6.19. The van der Waals surface area contributed by atoms with Gasteiger partial charge >= 0.3 is 5.97 Å². The third-order valence-corrected chi connectivity index (χ3v) is 4.20. The van der Waals surface area contributed by atoms with Crippen molar-refractivity contribution in [1.82, 2.24) is 5.32 Å². The van der Waals surface area contributed by atoms with Crippen LogP contribution in [0.25, 0.3) is 0 Å². The van der Waals surface area contributed by atoms with Gasteiger partial charge in [0.2, 0.25) is 0 Å². The molecular formula is C14H15NO3S2. The maximum absolute atomic E-state index is 12.0. The average Bonchev–Trinajstić information content (AvgIpc) is 3.07. The fourth-order valence-electron chi connectivity index (χ4n) is 1.52. The molecule has 2 rings (SSSR count). The third kappa shape index (κ3) is 3.91. The van der Waals surface area contributed by atoms with Gasteiger partial charge in [0, 0.05) is 0 Å². The van der Waals surface area contributed by atoms with Gasteiger partial charge in [0.05, 0.1) is 10.4 Å². The first-order valence-electron chi connectivity index (χ1n) is 6.04. The van der Waals surface area contributed by atoms with E-state index in [2.05, 4.69) is 5.32 Å². The molecule has 2 heterocycles. The highest BCUT2D eigenvalue weighted by Crippen LogP contribution is 2.14. The lowest BCUT2D eigenvalue weighted by Gasteiger charge is -2.25. The van der Waals surface area contributed by atoms with Crippen molar-refractivity contribution in [1.29, 1.82) is 0 Å². The van der Waals surface area contributed by atoms with Crippen LogP contribution >= 0.6 is 22.7 Å². The molecule has 20 heavy (non-hydrogen) atoms. The van der Waals surface area contributed by atoms with Gasteiger partial charge in [0.1, 0.15) is 11.5 Å². The van der Waals surface area contributed by atoms with Crippen LogP contribution < -0.4 is 5.32 Å². The average molecular weight is 309 g/mol. The van der Waals surface area contributed by atoms with Crippen molar-refractivity contribution in [2.24, 2.45) is 0 Å². The molecule has 0 atom stereocenters. The molecule has 1 N–H and O–H groups in total. The van der Waals surface area contributed by atoms with E-state index in [1.807, 2.05) is 30.7 Å². The van der Waals surface area contributed by atoms with Crippen molar-refractivity contribution < 1.29 is 14.3 Å². The smallest absolute Gasteiger partial charge is 0.348 e. The molecular weight excluding hydrogens is 294 g/mol. The lowest BCUT2D eigenvalue weighted by atomic mass is 10.1. The molecule has 0 aromatic carbocycles. The predicted octanol–water partition coefficient (Wildman–Crippen LogP) is 3.18. The van der Waals surface area contributed by atoms with Gasteiger partial charge in [-0.05, 0) is 36.7 Å². The van der Waals surface area contributed by atoms with E-state index in [1.165, 1.54) is 22.7 Å². The molecule has 106 valence electrons. The van der Waals surface area contributed by atoms with Gasteiger partial charge in [-0.1, -0.05) is 12.1 Å². The number of nitrogens with one attached hydrogen (secondary N) is 1. The molecule has 0 aliphatic carbocycles. The Morgan fingerprint density at radius 2 is 1.75 bits per heavy atom. The molecule has 0 radical (unpaired) electrons. The number of carbonyl (C=O) groups is 2. The molecule has 4 nitrogen and oxygen atoms in total. The van der Waals surface area contributed by atoms with Crippen molar-refractivity contribution in [3.05, 3.63) is 44.8 Å². The van der Waals surface area contributed by atoms with E-state index in [1.54, 1.807) is 18.2 Å². The Hall–Kier alpha value is -1.66. The Morgan fingerprint density at radius 3 is 2.30 bits per heavy atom. The zero-order valence-electron chi connectivity index (χ0n) is 11.2. The lowest BCUT2D eigenvalue weighted by molar-refractivity contribution is 0.0395. The number of amides is 1. The highest BCUT2D eigenvalue weighted by Gasteiger charge is 2.24. The first-order chi connectivity index (χ1) is 9.48.